The molecule has 3 nitrogen and oxygen atoms in total. The Morgan fingerprint density at radius 2 is 1.71 bits per heavy atom. The van der Waals surface area contributed by atoms with Crippen molar-refractivity contribution in [2.24, 2.45) is 11.7 Å². The Balaban J connectivity index is 1.96. The van der Waals surface area contributed by atoms with E-state index in [1.807, 2.05) is 4.90 Å². The molecule has 0 bridgehead atoms. The number of carbonyl (C=O) groups excluding carboxylic acids is 1. The highest BCUT2D eigenvalue weighted by molar-refractivity contribution is 5.79. The maximum Gasteiger partial charge on any atom is 0.248 e. The van der Waals surface area contributed by atoms with Crippen LogP contribution in [-0.4, -0.2) is 35.4 Å². The van der Waals surface area contributed by atoms with E-state index in [2.05, 4.69) is 6.92 Å². The molecule has 122 valence electrons. The topological polar surface area (TPSA) is 46.3 Å². The fourth-order valence-electron chi connectivity index (χ4n) is 3.65. The van der Waals surface area contributed by atoms with Crippen molar-refractivity contribution in [1.82, 2.24) is 4.90 Å². The van der Waals surface area contributed by atoms with Crippen molar-refractivity contribution in [1.29, 1.82) is 0 Å². The van der Waals surface area contributed by atoms with E-state index in [4.69, 9.17) is 5.73 Å². The molecule has 2 saturated carbocycles. The zero-order chi connectivity index (χ0) is 15.5. The Bertz CT molecular complexity index is 344. The summed E-state index contributed by atoms with van der Waals surface area (Å²) >= 11 is 0. The molecular formula is C16H28F2N2O. The second-order valence-corrected chi connectivity index (χ2v) is 6.73. The smallest absolute Gasteiger partial charge is 0.248 e. The number of alkyl halides is 2. The summed E-state index contributed by atoms with van der Waals surface area (Å²) < 4.78 is 26.5. The highest BCUT2D eigenvalue weighted by Gasteiger charge is 2.39. The lowest BCUT2D eigenvalue weighted by Crippen LogP contribution is -2.48. The summed E-state index contributed by atoms with van der Waals surface area (Å²) in [6.45, 7) is 2.80. The van der Waals surface area contributed by atoms with Crippen molar-refractivity contribution in [3.8, 4) is 0 Å². The van der Waals surface area contributed by atoms with Crippen LogP contribution in [0.3, 0.4) is 0 Å². The second-order valence-electron chi connectivity index (χ2n) is 6.73. The number of hydrogen-bond donors (Lipinski definition) is 1. The molecule has 0 atom stereocenters. The second kappa shape index (κ2) is 7.03. The van der Waals surface area contributed by atoms with Gasteiger partial charge in [0.15, 0.2) is 0 Å². The average Bonchev–Trinajstić information content (AvgIpc) is 2.45. The van der Waals surface area contributed by atoms with Gasteiger partial charge in [-0.2, -0.15) is 0 Å². The Morgan fingerprint density at radius 1 is 1.14 bits per heavy atom. The number of halogens is 2. The molecule has 0 aromatic carbocycles. The predicted octanol–water partition coefficient (Wildman–Crippen LogP) is 3.32. The monoisotopic (exact) mass is 302 g/mol. The molecule has 0 unspecified atom stereocenters. The molecule has 0 spiro atoms. The van der Waals surface area contributed by atoms with Gasteiger partial charge in [0.25, 0.3) is 0 Å². The van der Waals surface area contributed by atoms with Gasteiger partial charge in [-0.1, -0.05) is 6.92 Å². The van der Waals surface area contributed by atoms with Crippen molar-refractivity contribution in [3.63, 3.8) is 0 Å². The first-order valence-corrected chi connectivity index (χ1v) is 8.37. The van der Waals surface area contributed by atoms with Gasteiger partial charge in [-0.15, -0.1) is 0 Å². The van der Waals surface area contributed by atoms with Gasteiger partial charge in [0, 0.05) is 37.4 Å². The van der Waals surface area contributed by atoms with E-state index in [1.165, 1.54) is 0 Å². The Labute approximate surface area is 126 Å². The van der Waals surface area contributed by atoms with Gasteiger partial charge in [-0.05, 0) is 44.9 Å². The van der Waals surface area contributed by atoms with Crippen molar-refractivity contribution < 1.29 is 13.6 Å². The Hall–Kier alpha value is -0.710. The first-order chi connectivity index (χ1) is 9.93. The van der Waals surface area contributed by atoms with Crippen LogP contribution in [0.25, 0.3) is 0 Å². The third-order valence-electron chi connectivity index (χ3n) is 5.00. The first kappa shape index (κ1) is 16.7. The minimum atomic E-state index is -2.57. The van der Waals surface area contributed by atoms with Crippen molar-refractivity contribution in [3.05, 3.63) is 0 Å². The van der Waals surface area contributed by atoms with Crippen LogP contribution in [0.15, 0.2) is 0 Å². The van der Waals surface area contributed by atoms with Crippen LogP contribution in [0.5, 0.6) is 0 Å². The number of hydrogen-bond acceptors (Lipinski definition) is 2. The van der Waals surface area contributed by atoms with E-state index >= 15 is 0 Å². The van der Waals surface area contributed by atoms with Gasteiger partial charge >= 0.3 is 0 Å². The lowest BCUT2D eigenvalue weighted by molar-refractivity contribution is -0.142. The van der Waals surface area contributed by atoms with Gasteiger partial charge in [-0.25, -0.2) is 8.78 Å². The molecule has 0 radical (unpaired) electrons. The predicted molar refractivity (Wildman–Crippen MR) is 79.1 cm³/mol. The van der Waals surface area contributed by atoms with E-state index in [1.54, 1.807) is 0 Å². The van der Waals surface area contributed by atoms with Crippen LogP contribution in [-0.2, 0) is 4.79 Å². The molecule has 0 heterocycles. The molecule has 2 rings (SSSR count). The molecule has 2 N–H and O–H groups in total. The van der Waals surface area contributed by atoms with Crippen molar-refractivity contribution in [2.75, 3.05) is 6.54 Å². The lowest BCUT2D eigenvalue weighted by atomic mass is 9.84. The molecule has 2 aliphatic rings. The van der Waals surface area contributed by atoms with Crippen LogP contribution >= 0.6 is 0 Å². The van der Waals surface area contributed by atoms with E-state index in [0.29, 0.717) is 12.8 Å². The molecule has 5 heteroatoms. The summed E-state index contributed by atoms with van der Waals surface area (Å²) in [4.78, 5) is 14.7. The third kappa shape index (κ3) is 4.38. The number of rotatable bonds is 4. The van der Waals surface area contributed by atoms with Gasteiger partial charge < -0.3 is 10.6 Å². The number of amides is 1. The summed E-state index contributed by atoms with van der Waals surface area (Å²) in [6, 6.07) is 0.521. The van der Waals surface area contributed by atoms with E-state index in [-0.39, 0.29) is 36.8 Å². The van der Waals surface area contributed by atoms with Crippen LogP contribution in [0, 0.1) is 5.92 Å². The minimum absolute atomic E-state index is 0.104. The van der Waals surface area contributed by atoms with Crippen LogP contribution < -0.4 is 5.73 Å². The number of carbonyl (C=O) groups is 1. The number of nitrogens with zero attached hydrogens (tertiary/aromatic N) is 1. The zero-order valence-electron chi connectivity index (χ0n) is 13.0. The van der Waals surface area contributed by atoms with E-state index in [0.717, 1.165) is 38.6 Å². The summed E-state index contributed by atoms with van der Waals surface area (Å²) in [6.07, 6.45) is 5.12. The molecule has 2 aliphatic carbocycles. The number of nitrogens with two attached hydrogens (primary N) is 1. The molecule has 0 aromatic heterocycles. The average molecular weight is 302 g/mol. The SMILES string of the molecule is CCCN(C(=O)C1CCC(F)(F)CC1)C1CCC(N)CC1. The van der Waals surface area contributed by atoms with Crippen molar-refractivity contribution >= 4 is 5.91 Å². The summed E-state index contributed by atoms with van der Waals surface area (Å²) in [5, 5.41) is 0. The summed E-state index contributed by atoms with van der Waals surface area (Å²) in [7, 11) is 0. The molecule has 0 aliphatic heterocycles. The fraction of sp³-hybridized carbons (Fsp3) is 0.938. The molecule has 21 heavy (non-hydrogen) atoms. The van der Waals surface area contributed by atoms with Crippen LogP contribution in [0.2, 0.25) is 0 Å². The Morgan fingerprint density at radius 3 is 2.24 bits per heavy atom. The summed E-state index contributed by atoms with van der Waals surface area (Å²) in [5.74, 6) is -2.66. The van der Waals surface area contributed by atoms with Crippen LogP contribution in [0.4, 0.5) is 8.78 Å². The van der Waals surface area contributed by atoms with E-state index in [9.17, 15) is 13.6 Å². The maximum absolute atomic E-state index is 13.2. The molecule has 1 amide bonds. The molecule has 2 fully saturated rings. The first-order valence-electron chi connectivity index (χ1n) is 8.37. The maximum atomic E-state index is 13.2. The standard InChI is InChI=1S/C16H28F2N2O/c1-2-11-20(14-5-3-13(19)4-6-14)15(21)12-7-9-16(17,18)10-8-12/h12-14H,2-11,19H2,1H3. The largest absolute Gasteiger partial charge is 0.339 e. The van der Waals surface area contributed by atoms with Crippen molar-refractivity contribution in [2.45, 2.75) is 82.7 Å². The highest BCUT2D eigenvalue weighted by Crippen LogP contribution is 2.37. The van der Waals surface area contributed by atoms with Gasteiger partial charge in [0.1, 0.15) is 0 Å². The lowest BCUT2D eigenvalue weighted by Gasteiger charge is -2.39. The fourth-order valence-corrected chi connectivity index (χ4v) is 3.65. The quantitative estimate of drug-likeness (QED) is 0.866. The molecular weight excluding hydrogens is 274 g/mol. The Kier molecular flexibility index (Phi) is 5.58. The highest BCUT2D eigenvalue weighted by atomic mass is 19.3. The van der Waals surface area contributed by atoms with Gasteiger partial charge in [0.05, 0.1) is 0 Å². The molecule has 0 saturated heterocycles. The van der Waals surface area contributed by atoms with Crippen LogP contribution in [0.1, 0.15) is 64.7 Å². The summed E-state index contributed by atoms with van der Waals surface area (Å²) in [5.41, 5.74) is 5.93. The zero-order valence-corrected chi connectivity index (χ0v) is 13.0. The van der Waals surface area contributed by atoms with Gasteiger partial charge in [-0.3, -0.25) is 4.79 Å². The van der Waals surface area contributed by atoms with E-state index < -0.39 is 5.92 Å². The van der Waals surface area contributed by atoms with Gasteiger partial charge in [0.2, 0.25) is 11.8 Å². The molecule has 0 aromatic rings. The normalized spacial score (nSPS) is 30.1. The minimum Gasteiger partial charge on any atom is -0.339 e. The third-order valence-corrected chi connectivity index (χ3v) is 5.00.